The Balaban J connectivity index is 1.76. The Bertz CT molecular complexity index is 969. The molecule has 0 saturated carbocycles. The number of nitrogens with one attached hydrogen (secondary N) is 1. The van der Waals surface area contributed by atoms with Crippen molar-refractivity contribution in [1.29, 1.82) is 0 Å². The summed E-state index contributed by atoms with van der Waals surface area (Å²) in [6.07, 6.45) is 0.619. The van der Waals surface area contributed by atoms with Crippen LogP contribution >= 0.6 is 0 Å². The summed E-state index contributed by atoms with van der Waals surface area (Å²) >= 11 is 0. The normalized spacial score (nSPS) is 14.2. The number of aliphatic hydroxyl groups excluding tert-OH is 1. The summed E-state index contributed by atoms with van der Waals surface area (Å²) in [4.78, 5) is 0. The topological polar surface area (TPSA) is 71.3 Å². The number of hydrogen-bond donors (Lipinski definition) is 2. The summed E-state index contributed by atoms with van der Waals surface area (Å²) in [6.45, 7) is 4.46. The molecule has 0 bridgehead atoms. The minimum atomic E-state index is -3.16. The van der Waals surface area contributed by atoms with Crippen LogP contribution in [0.3, 0.4) is 0 Å². The van der Waals surface area contributed by atoms with Gasteiger partial charge in [0.05, 0.1) is 17.4 Å². The molecular weight excluding hydrogens is 348 g/mol. The zero-order chi connectivity index (χ0) is 18.9. The Labute approximate surface area is 154 Å². The van der Waals surface area contributed by atoms with E-state index >= 15 is 0 Å². The lowest BCUT2D eigenvalue weighted by Gasteiger charge is -2.24. The molecule has 0 amide bonds. The van der Waals surface area contributed by atoms with E-state index in [-0.39, 0.29) is 0 Å². The van der Waals surface area contributed by atoms with Gasteiger partial charge in [0, 0.05) is 41.2 Å². The van der Waals surface area contributed by atoms with E-state index in [2.05, 4.69) is 34.1 Å². The number of aromatic nitrogens is 1. The fraction of sp³-hybridized carbons (Fsp3) is 0.400. The SMILES string of the molecule is CC(C)(CNCC(O)Cn1c2ccccc2c2ccccc21)S(C)(=O)=O. The van der Waals surface area contributed by atoms with Gasteiger partial charge in [-0.1, -0.05) is 36.4 Å². The molecule has 2 N–H and O–H groups in total. The fourth-order valence-corrected chi connectivity index (χ4v) is 3.51. The van der Waals surface area contributed by atoms with Crippen LogP contribution in [0.1, 0.15) is 13.8 Å². The van der Waals surface area contributed by atoms with E-state index in [0.29, 0.717) is 19.6 Å². The molecule has 1 unspecified atom stereocenters. The summed E-state index contributed by atoms with van der Waals surface area (Å²) in [5.74, 6) is 0. The van der Waals surface area contributed by atoms with E-state index in [1.807, 2.05) is 24.3 Å². The van der Waals surface area contributed by atoms with Crippen LogP contribution in [-0.2, 0) is 16.4 Å². The monoisotopic (exact) mass is 374 g/mol. The van der Waals surface area contributed by atoms with Crippen LogP contribution < -0.4 is 5.32 Å². The van der Waals surface area contributed by atoms with Crippen LogP contribution in [0.25, 0.3) is 21.8 Å². The van der Waals surface area contributed by atoms with E-state index in [4.69, 9.17) is 0 Å². The summed E-state index contributed by atoms with van der Waals surface area (Å²) in [7, 11) is -3.16. The van der Waals surface area contributed by atoms with Gasteiger partial charge in [-0.2, -0.15) is 0 Å². The second kappa shape index (κ2) is 7.02. The standard InChI is InChI=1S/C20H26N2O3S/c1-20(2,26(3,24)25)14-21-12-15(23)13-22-18-10-6-4-8-16(18)17-9-5-7-11-19(17)22/h4-11,15,21,23H,12-14H2,1-3H3. The first-order valence-corrected chi connectivity index (χ1v) is 10.6. The molecule has 0 saturated heterocycles. The van der Waals surface area contributed by atoms with Crippen LogP contribution in [0, 0.1) is 0 Å². The average Bonchev–Trinajstić information content (AvgIpc) is 2.88. The lowest BCUT2D eigenvalue weighted by Crippen LogP contribution is -2.44. The van der Waals surface area contributed by atoms with Gasteiger partial charge in [-0.15, -0.1) is 0 Å². The molecular formula is C20H26N2O3S. The fourth-order valence-electron chi connectivity index (χ4n) is 3.15. The van der Waals surface area contributed by atoms with Crippen molar-refractivity contribution in [3.05, 3.63) is 48.5 Å². The molecule has 0 aliphatic heterocycles. The van der Waals surface area contributed by atoms with Crippen molar-refractivity contribution in [2.24, 2.45) is 0 Å². The molecule has 0 spiro atoms. The smallest absolute Gasteiger partial charge is 0.153 e. The van der Waals surface area contributed by atoms with Crippen molar-refractivity contribution in [2.75, 3.05) is 19.3 Å². The average molecular weight is 375 g/mol. The molecule has 0 radical (unpaired) electrons. The number of aliphatic hydroxyl groups is 1. The van der Waals surface area contributed by atoms with Gasteiger partial charge in [-0.25, -0.2) is 8.42 Å². The summed E-state index contributed by atoms with van der Waals surface area (Å²) in [6, 6.07) is 16.3. The third-order valence-corrected chi connectivity index (χ3v) is 7.16. The number of fused-ring (bicyclic) bond motifs is 3. The van der Waals surface area contributed by atoms with Gasteiger partial charge in [0.1, 0.15) is 0 Å². The van der Waals surface area contributed by atoms with Crippen LogP contribution in [0.5, 0.6) is 0 Å². The van der Waals surface area contributed by atoms with E-state index in [1.54, 1.807) is 13.8 Å². The number of hydrogen-bond acceptors (Lipinski definition) is 4. The summed E-state index contributed by atoms with van der Waals surface area (Å²) < 4.78 is 24.8. The lowest BCUT2D eigenvalue weighted by molar-refractivity contribution is 0.153. The Morgan fingerprint density at radius 3 is 2.04 bits per heavy atom. The number of nitrogens with zero attached hydrogens (tertiary/aromatic N) is 1. The van der Waals surface area contributed by atoms with Gasteiger partial charge in [0.2, 0.25) is 0 Å². The highest BCUT2D eigenvalue weighted by Gasteiger charge is 2.29. The Kier molecular flexibility index (Phi) is 5.10. The first-order valence-electron chi connectivity index (χ1n) is 8.75. The Morgan fingerprint density at radius 1 is 1.04 bits per heavy atom. The van der Waals surface area contributed by atoms with Crippen molar-refractivity contribution in [1.82, 2.24) is 9.88 Å². The molecule has 0 aliphatic carbocycles. The van der Waals surface area contributed by atoms with E-state index in [9.17, 15) is 13.5 Å². The van der Waals surface area contributed by atoms with Gasteiger partial charge in [-0.3, -0.25) is 0 Å². The second-order valence-electron chi connectivity index (χ2n) is 7.46. The first-order chi connectivity index (χ1) is 12.2. The van der Waals surface area contributed by atoms with E-state index < -0.39 is 20.7 Å². The van der Waals surface area contributed by atoms with Gasteiger partial charge < -0.3 is 15.0 Å². The zero-order valence-electron chi connectivity index (χ0n) is 15.4. The third-order valence-electron chi connectivity index (χ3n) is 5.01. The minimum Gasteiger partial charge on any atom is -0.390 e. The van der Waals surface area contributed by atoms with Crippen molar-refractivity contribution in [2.45, 2.75) is 31.2 Å². The molecule has 5 nitrogen and oxygen atoms in total. The van der Waals surface area contributed by atoms with Crippen molar-refractivity contribution in [3.8, 4) is 0 Å². The quantitative estimate of drug-likeness (QED) is 0.667. The number of sulfone groups is 1. The van der Waals surface area contributed by atoms with Crippen molar-refractivity contribution in [3.63, 3.8) is 0 Å². The molecule has 0 fully saturated rings. The molecule has 2 aromatic carbocycles. The second-order valence-corrected chi connectivity index (χ2v) is 10.1. The molecule has 6 heteroatoms. The van der Waals surface area contributed by atoms with Gasteiger partial charge in [-0.05, 0) is 26.0 Å². The molecule has 3 aromatic rings. The number of benzene rings is 2. The molecule has 26 heavy (non-hydrogen) atoms. The third kappa shape index (κ3) is 3.63. The van der Waals surface area contributed by atoms with E-state index in [1.165, 1.54) is 17.0 Å². The highest BCUT2D eigenvalue weighted by Crippen LogP contribution is 2.28. The van der Waals surface area contributed by atoms with Crippen molar-refractivity contribution >= 4 is 31.6 Å². The molecule has 140 valence electrons. The highest BCUT2D eigenvalue weighted by molar-refractivity contribution is 7.92. The van der Waals surface area contributed by atoms with E-state index in [0.717, 1.165) is 11.0 Å². The van der Waals surface area contributed by atoms with Crippen LogP contribution in [0.15, 0.2) is 48.5 Å². The first kappa shape index (κ1) is 18.9. The zero-order valence-corrected chi connectivity index (χ0v) is 16.3. The maximum Gasteiger partial charge on any atom is 0.153 e. The Morgan fingerprint density at radius 2 is 1.54 bits per heavy atom. The molecule has 1 atom stereocenters. The van der Waals surface area contributed by atoms with Crippen molar-refractivity contribution < 1.29 is 13.5 Å². The summed E-state index contributed by atoms with van der Waals surface area (Å²) in [5, 5.41) is 15.9. The summed E-state index contributed by atoms with van der Waals surface area (Å²) in [5.41, 5.74) is 2.17. The maximum absolute atomic E-state index is 11.8. The molecule has 1 heterocycles. The lowest BCUT2D eigenvalue weighted by atomic mass is 10.2. The Hall–Kier alpha value is -1.89. The molecule has 0 aliphatic rings. The van der Waals surface area contributed by atoms with Gasteiger partial charge in [0.15, 0.2) is 9.84 Å². The largest absolute Gasteiger partial charge is 0.390 e. The highest BCUT2D eigenvalue weighted by atomic mass is 32.2. The van der Waals surface area contributed by atoms with Crippen LogP contribution in [0.4, 0.5) is 0 Å². The number of para-hydroxylation sites is 2. The van der Waals surface area contributed by atoms with Gasteiger partial charge >= 0.3 is 0 Å². The van der Waals surface area contributed by atoms with Crippen LogP contribution in [0.2, 0.25) is 0 Å². The predicted octanol–water partition coefficient (Wildman–Crippen LogP) is 2.57. The minimum absolute atomic E-state index is 0.302. The maximum atomic E-state index is 11.8. The molecule has 1 aromatic heterocycles. The number of rotatable bonds is 7. The van der Waals surface area contributed by atoms with Gasteiger partial charge in [0.25, 0.3) is 0 Å². The molecule has 3 rings (SSSR count). The van der Waals surface area contributed by atoms with Crippen LogP contribution in [-0.4, -0.2) is 48.3 Å². The predicted molar refractivity (Wildman–Crippen MR) is 107 cm³/mol.